The Morgan fingerprint density at radius 2 is 2.00 bits per heavy atom. The monoisotopic (exact) mass is 412 g/mol. The maximum Gasteiger partial charge on any atom is 0.349 e. The molecule has 9 heteroatoms. The molecule has 0 saturated carbocycles. The van der Waals surface area contributed by atoms with Crippen LogP contribution in [0.4, 0.5) is 4.79 Å². The van der Waals surface area contributed by atoms with Gasteiger partial charge in [0.1, 0.15) is 4.88 Å². The molecule has 0 aromatic carbocycles. The molecule has 1 heterocycles. The molecule has 1 unspecified atom stereocenters. The molecule has 3 amide bonds. The van der Waals surface area contributed by atoms with Crippen LogP contribution in [0.3, 0.4) is 0 Å². The van der Waals surface area contributed by atoms with Gasteiger partial charge in [0.2, 0.25) is 0 Å². The van der Waals surface area contributed by atoms with Gasteiger partial charge in [-0.05, 0) is 44.8 Å². The van der Waals surface area contributed by atoms with E-state index in [1.807, 2.05) is 5.32 Å². The van der Waals surface area contributed by atoms with Gasteiger partial charge in [-0.25, -0.2) is 9.59 Å². The lowest BCUT2D eigenvalue weighted by Crippen LogP contribution is -2.43. The molecule has 104 valence electrons. The molecule has 0 spiro atoms. The third-order valence-corrected chi connectivity index (χ3v) is 5.20. The van der Waals surface area contributed by atoms with Crippen LogP contribution in [0.25, 0.3) is 0 Å². The fraction of sp³-hybridized carbons (Fsp3) is 0.300. The van der Waals surface area contributed by atoms with Crippen molar-refractivity contribution in [1.29, 1.82) is 0 Å². The summed E-state index contributed by atoms with van der Waals surface area (Å²) in [5.74, 6) is -1.32. The molecule has 0 saturated heterocycles. The molecule has 1 atom stereocenters. The summed E-state index contributed by atoms with van der Waals surface area (Å²) in [4.78, 5) is 34.5. The third-order valence-electron chi connectivity index (χ3n) is 1.96. The minimum Gasteiger partial charge on any atom is -0.448 e. The van der Waals surface area contributed by atoms with E-state index in [2.05, 4.69) is 37.2 Å². The van der Waals surface area contributed by atoms with Gasteiger partial charge in [-0.1, -0.05) is 0 Å². The van der Waals surface area contributed by atoms with E-state index < -0.39 is 24.0 Å². The Morgan fingerprint density at radius 1 is 1.37 bits per heavy atom. The van der Waals surface area contributed by atoms with Crippen LogP contribution in [0.5, 0.6) is 0 Å². The lowest BCUT2D eigenvalue weighted by molar-refractivity contribution is -0.127. The highest BCUT2D eigenvalue weighted by atomic mass is 79.9. The van der Waals surface area contributed by atoms with Crippen LogP contribution in [0, 0.1) is 0 Å². The molecule has 1 aromatic rings. The highest BCUT2D eigenvalue weighted by molar-refractivity contribution is 9.13. The zero-order valence-electron chi connectivity index (χ0n) is 9.95. The first-order valence-electron chi connectivity index (χ1n) is 5.03. The number of esters is 1. The van der Waals surface area contributed by atoms with Crippen LogP contribution < -0.4 is 10.6 Å². The smallest absolute Gasteiger partial charge is 0.349 e. The van der Waals surface area contributed by atoms with Crippen LogP contribution in [0.15, 0.2) is 14.3 Å². The highest BCUT2D eigenvalue weighted by Crippen LogP contribution is 2.32. The standard InChI is InChI=1S/C10H10Br2N2O4S/c1-4(8(15)14-10(17)13-2)18-9(16)6-3-5(11)7(12)19-6/h3-4H,1-2H3,(H2,13,14,15,17). The summed E-state index contributed by atoms with van der Waals surface area (Å²) in [5.41, 5.74) is 0. The average Bonchev–Trinajstić information content (AvgIpc) is 2.69. The van der Waals surface area contributed by atoms with Gasteiger partial charge in [-0.15, -0.1) is 11.3 Å². The van der Waals surface area contributed by atoms with Crippen molar-refractivity contribution in [2.75, 3.05) is 7.05 Å². The Kier molecular flexibility index (Phi) is 5.95. The summed E-state index contributed by atoms with van der Waals surface area (Å²) < 4.78 is 6.43. The summed E-state index contributed by atoms with van der Waals surface area (Å²) in [5, 5.41) is 4.25. The van der Waals surface area contributed by atoms with Gasteiger partial charge in [-0.2, -0.15) is 0 Å². The zero-order valence-corrected chi connectivity index (χ0v) is 13.9. The number of hydrogen-bond acceptors (Lipinski definition) is 5. The number of ether oxygens (including phenoxy) is 1. The van der Waals surface area contributed by atoms with Gasteiger partial charge in [0, 0.05) is 11.5 Å². The molecule has 0 aliphatic rings. The van der Waals surface area contributed by atoms with Crippen LogP contribution in [0.2, 0.25) is 0 Å². The Bertz CT molecular complexity index is 498. The number of nitrogens with one attached hydrogen (secondary N) is 2. The van der Waals surface area contributed by atoms with Gasteiger partial charge in [0.15, 0.2) is 6.10 Å². The van der Waals surface area contributed by atoms with E-state index in [1.165, 1.54) is 25.3 Å². The summed E-state index contributed by atoms with van der Waals surface area (Å²) in [6.45, 7) is 1.38. The van der Waals surface area contributed by atoms with Crippen molar-refractivity contribution >= 4 is 61.1 Å². The third kappa shape index (κ3) is 4.59. The fourth-order valence-electron chi connectivity index (χ4n) is 0.995. The molecule has 0 radical (unpaired) electrons. The molecule has 0 bridgehead atoms. The second-order valence-corrected chi connectivity index (χ2v) is 6.57. The number of urea groups is 1. The topological polar surface area (TPSA) is 84.5 Å². The van der Waals surface area contributed by atoms with Crippen molar-refractivity contribution in [3.05, 3.63) is 19.2 Å². The largest absolute Gasteiger partial charge is 0.448 e. The molecule has 0 aliphatic heterocycles. The van der Waals surface area contributed by atoms with E-state index >= 15 is 0 Å². The molecule has 0 fully saturated rings. The first-order valence-corrected chi connectivity index (χ1v) is 7.43. The van der Waals surface area contributed by atoms with Gasteiger partial charge in [-0.3, -0.25) is 10.1 Å². The number of rotatable bonds is 3. The van der Waals surface area contributed by atoms with E-state index in [1.54, 1.807) is 6.07 Å². The Hall–Kier alpha value is -0.930. The van der Waals surface area contributed by atoms with Crippen molar-refractivity contribution in [3.8, 4) is 0 Å². The predicted molar refractivity (Wildman–Crippen MR) is 77.2 cm³/mol. The number of hydrogen-bond donors (Lipinski definition) is 2. The molecule has 1 aromatic heterocycles. The fourth-order valence-corrected chi connectivity index (χ4v) is 2.91. The number of imide groups is 1. The lowest BCUT2D eigenvalue weighted by atomic mass is 10.3. The molecule has 19 heavy (non-hydrogen) atoms. The van der Waals surface area contributed by atoms with Crippen molar-refractivity contribution in [2.24, 2.45) is 0 Å². The van der Waals surface area contributed by atoms with Crippen molar-refractivity contribution < 1.29 is 19.1 Å². The Balaban J connectivity index is 2.61. The lowest BCUT2D eigenvalue weighted by Gasteiger charge is -2.11. The van der Waals surface area contributed by atoms with E-state index in [0.717, 1.165) is 8.26 Å². The maximum atomic E-state index is 11.7. The summed E-state index contributed by atoms with van der Waals surface area (Å²) in [6.07, 6.45) is -1.07. The van der Waals surface area contributed by atoms with Crippen molar-refractivity contribution in [1.82, 2.24) is 10.6 Å². The molecule has 6 nitrogen and oxygen atoms in total. The number of carbonyl (C=O) groups is 3. The SMILES string of the molecule is CNC(=O)NC(=O)C(C)OC(=O)c1cc(Br)c(Br)s1. The second-order valence-electron chi connectivity index (χ2n) is 3.35. The molecular formula is C10H10Br2N2O4S. The van der Waals surface area contributed by atoms with Gasteiger partial charge in [0.25, 0.3) is 5.91 Å². The van der Waals surface area contributed by atoms with Crippen LogP contribution >= 0.6 is 43.2 Å². The van der Waals surface area contributed by atoms with Gasteiger partial charge >= 0.3 is 12.0 Å². The second kappa shape index (κ2) is 7.01. The number of halogens is 2. The first kappa shape index (κ1) is 16.1. The van der Waals surface area contributed by atoms with Crippen molar-refractivity contribution in [3.63, 3.8) is 0 Å². The summed E-state index contributed by atoms with van der Waals surface area (Å²) in [7, 11) is 1.37. The van der Waals surface area contributed by atoms with Crippen LogP contribution in [-0.2, 0) is 9.53 Å². The van der Waals surface area contributed by atoms with E-state index in [9.17, 15) is 14.4 Å². The average molecular weight is 414 g/mol. The quantitative estimate of drug-likeness (QED) is 0.744. The number of amides is 3. The Labute approximate surface area is 130 Å². The van der Waals surface area contributed by atoms with Crippen molar-refractivity contribution in [2.45, 2.75) is 13.0 Å². The molecule has 0 aliphatic carbocycles. The summed E-state index contributed by atoms with van der Waals surface area (Å²) >= 11 is 7.68. The minimum absolute atomic E-state index is 0.346. The summed E-state index contributed by atoms with van der Waals surface area (Å²) in [6, 6.07) is 0.926. The number of thiophene rings is 1. The van der Waals surface area contributed by atoms with E-state index in [0.29, 0.717) is 4.88 Å². The van der Waals surface area contributed by atoms with Gasteiger partial charge < -0.3 is 10.1 Å². The maximum absolute atomic E-state index is 11.7. The first-order chi connectivity index (χ1) is 8.85. The number of carbonyl (C=O) groups excluding carboxylic acids is 3. The van der Waals surface area contributed by atoms with E-state index in [4.69, 9.17) is 4.74 Å². The van der Waals surface area contributed by atoms with Gasteiger partial charge in [0.05, 0.1) is 3.79 Å². The molecule has 1 rings (SSSR count). The van der Waals surface area contributed by atoms with Crippen LogP contribution in [0.1, 0.15) is 16.6 Å². The highest BCUT2D eigenvalue weighted by Gasteiger charge is 2.22. The molecular weight excluding hydrogens is 404 g/mol. The normalized spacial score (nSPS) is 11.6. The minimum atomic E-state index is -1.07. The predicted octanol–water partition coefficient (Wildman–Crippen LogP) is 2.27. The van der Waals surface area contributed by atoms with Crippen LogP contribution in [-0.4, -0.2) is 31.1 Å². The van der Waals surface area contributed by atoms with E-state index in [-0.39, 0.29) is 0 Å². The molecule has 2 N–H and O–H groups in total. The zero-order chi connectivity index (χ0) is 14.6. The Morgan fingerprint density at radius 3 is 2.47 bits per heavy atom.